The first-order chi connectivity index (χ1) is 7.05. The van der Waals surface area contributed by atoms with E-state index in [4.69, 9.17) is 0 Å². The zero-order valence-electron chi connectivity index (χ0n) is 10.6. The lowest BCUT2D eigenvalue weighted by Gasteiger charge is -2.34. The van der Waals surface area contributed by atoms with Crippen LogP contribution in [0.2, 0.25) is 0 Å². The fraction of sp³-hybridized carbons (Fsp3) is 1.00. The smallest absolute Gasteiger partial charge is 0.00924 e. The maximum Gasteiger partial charge on any atom is 0.00924 e. The van der Waals surface area contributed by atoms with Crippen molar-refractivity contribution < 1.29 is 0 Å². The van der Waals surface area contributed by atoms with Crippen LogP contribution in [-0.2, 0) is 0 Å². The molecule has 0 aromatic carbocycles. The van der Waals surface area contributed by atoms with Crippen LogP contribution >= 0.6 is 12.6 Å². The number of hydrogen-bond donors (Lipinski definition) is 1. The first-order valence-corrected chi connectivity index (χ1v) is 6.99. The minimum atomic E-state index is 0.351. The molecule has 2 heteroatoms. The number of nitrogens with zero attached hydrogens (tertiary/aromatic N) is 1. The monoisotopic (exact) mass is 229 g/mol. The van der Waals surface area contributed by atoms with Crippen molar-refractivity contribution >= 4 is 12.6 Å². The van der Waals surface area contributed by atoms with Gasteiger partial charge in [0.2, 0.25) is 0 Å². The zero-order chi connectivity index (χ0) is 11.3. The molecule has 0 atom stereocenters. The van der Waals surface area contributed by atoms with Gasteiger partial charge in [0, 0.05) is 12.6 Å². The van der Waals surface area contributed by atoms with Crippen molar-refractivity contribution in [3.05, 3.63) is 0 Å². The van der Waals surface area contributed by atoms with Crippen molar-refractivity contribution in [3.63, 3.8) is 0 Å². The predicted molar refractivity (Wildman–Crippen MR) is 71.8 cm³/mol. The highest BCUT2D eigenvalue weighted by Gasteiger charge is 2.23. The standard InChI is InChI=1S/C13H27NS/c1-13(2,11-15)10-14(3)12-8-6-4-5-7-9-12/h12,15H,4-11H2,1-3H3. The van der Waals surface area contributed by atoms with Gasteiger partial charge < -0.3 is 4.90 Å². The molecule has 0 aromatic heterocycles. The summed E-state index contributed by atoms with van der Waals surface area (Å²) in [5, 5.41) is 0. The molecule has 0 bridgehead atoms. The summed E-state index contributed by atoms with van der Waals surface area (Å²) in [6, 6.07) is 0.826. The van der Waals surface area contributed by atoms with Gasteiger partial charge in [-0.1, -0.05) is 39.5 Å². The van der Waals surface area contributed by atoms with E-state index in [9.17, 15) is 0 Å². The summed E-state index contributed by atoms with van der Waals surface area (Å²) in [4.78, 5) is 2.57. The van der Waals surface area contributed by atoms with Crippen LogP contribution in [0.25, 0.3) is 0 Å². The Kier molecular flexibility index (Phi) is 5.48. The van der Waals surface area contributed by atoms with E-state index in [2.05, 4.69) is 38.4 Å². The molecule has 0 radical (unpaired) electrons. The lowest BCUT2D eigenvalue weighted by molar-refractivity contribution is 0.161. The maximum atomic E-state index is 4.43. The van der Waals surface area contributed by atoms with Gasteiger partial charge in [-0.3, -0.25) is 0 Å². The molecule has 90 valence electrons. The van der Waals surface area contributed by atoms with Gasteiger partial charge in [-0.15, -0.1) is 0 Å². The van der Waals surface area contributed by atoms with Gasteiger partial charge in [-0.2, -0.15) is 12.6 Å². The lowest BCUT2D eigenvalue weighted by Crippen LogP contribution is -2.39. The van der Waals surface area contributed by atoms with Gasteiger partial charge in [-0.25, -0.2) is 0 Å². The Bertz CT molecular complexity index is 171. The first kappa shape index (κ1) is 13.4. The van der Waals surface area contributed by atoms with Crippen LogP contribution in [0.1, 0.15) is 52.4 Å². The van der Waals surface area contributed by atoms with Crippen LogP contribution in [-0.4, -0.2) is 30.3 Å². The summed E-state index contributed by atoms with van der Waals surface area (Å²) in [5.74, 6) is 0.976. The fourth-order valence-corrected chi connectivity index (χ4v) is 2.65. The molecule has 1 aliphatic carbocycles. The molecular weight excluding hydrogens is 202 g/mol. The molecule has 1 nitrogen and oxygen atoms in total. The highest BCUT2D eigenvalue weighted by Crippen LogP contribution is 2.25. The van der Waals surface area contributed by atoms with E-state index in [1.54, 1.807) is 0 Å². The third kappa shape index (κ3) is 4.78. The van der Waals surface area contributed by atoms with Gasteiger partial charge in [0.15, 0.2) is 0 Å². The average Bonchev–Trinajstić information content (AvgIpc) is 2.45. The van der Waals surface area contributed by atoms with Gasteiger partial charge >= 0.3 is 0 Å². The summed E-state index contributed by atoms with van der Waals surface area (Å²) >= 11 is 4.43. The molecular formula is C13H27NS. The highest BCUT2D eigenvalue weighted by atomic mass is 32.1. The zero-order valence-corrected chi connectivity index (χ0v) is 11.5. The Morgan fingerprint density at radius 3 is 2.13 bits per heavy atom. The summed E-state index contributed by atoms with van der Waals surface area (Å²) < 4.78 is 0. The molecule has 1 saturated carbocycles. The topological polar surface area (TPSA) is 3.24 Å². The predicted octanol–water partition coefficient (Wildman–Crippen LogP) is 3.60. The van der Waals surface area contributed by atoms with Gasteiger partial charge in [0.1, 0.15) is 0 Å². The van der Waals surface area contributed by atoms with Gasteiger partial charge in [-0.05, 0) is 31.1 Å². The molecule has 0 aliphatic heterocycles. The molecule has 1 aliphatic rings. The van der Waals surface area contributed by atoms with E-state index in [-0.39, 0.29) is 0 Å². The molecule has 0 unspecified atom stereocenters. The van der Waals surface area contributed by atoms with Crippen LogP contribution < -0.4 is 0 Å². The van der Waals surface area contributed by atoms with Gasteiger partial charge in [0.05, 0.1) is 0 Å². The highest BCUT2D eigenvalue weighted by molar-refractivity contribution is 7.80. The Balaban J connectivity index is 2.40. The normalized spacial score (nSPS) is 20.6. The second kappa shape index (κ2) is 6.15. The molecule has 1 fully saturated rings. The van der Waals surface area contributed by atoms with E-state index in [0.29, 0.717) is 5.41 Å². The maximum absolute atomic E-state index is 4.43. The number of rotatable bonds is 4. The summed E-state index contributed by atoms with van der Waals surface area (Å²) in [5.41, 5.74) is 0.351. The minimum Gasteiger partial charge on any atom is -0.303 e. The van der Waals surface area contributed by atoms with Crippen LogP contribution in [0.5, 0.6) is 0 Å². The second-order valence-corrected chi connectivity index (χ2v) is 6.20. The van der Waals surface area contributed by atoms with Crippen molar-refractivity contribution in [1.82, 2.24) is 4.90 Å². The second-order valence-electron chi connectivity index (χ2n) is 5.88. The fourth-order valence-electron chi connectivity index (χ4n) is 2.55. The Morgan fingerprint density at radius 2 is 1.67 bits per heavy atom. The molecule has 0 amide bonds. The van der Waals surface area contributed by atoms with Crippen molar-refractivity contribution in [3.8, 4) is 0 Å². The van der Waals surface area contributed by atoms with Crippen molar-refractivity contribution in [2.24, 2.45) is 5.41 Å². The first-order valence-electron chi connectivity index (χ1n) is 6.36. The lowest BCUT2D eigenvalue weighted by atomic mass is 9.94. The molecule has 0 spiro atoms. The van der Waals surface area contributed by atoms with E-state index >= 15 is 0 Å². The molecule has 0 N–H and O–H groups in total. The van der Waals surface area contributed by atoms with E-state index in [1.807, 2.05) is 0 Å². The van der Waals surface area contributed by atoms with Crippen molar-refractivity contribution in [2.75, 3.05) is 19.3 Å². The third-order valence-electron chi connectivity index (χ3n) is 3.55. The number of thiol groups is 1. The third-order valence-corrected chi connectivity index (χ3v) is 4.41. The summed E-state index contributed by atoms with van der Waals surface area (Å²) in [6.07, 6.45) is 8.55. The molecule has 0 saturated heterocycles. The Labute approximate surface area is 101 Å². The van der Waals surface area contributed by atoms with Crippen LogP contribution in [0.3, 0.4) is 0 Å². The van der Waals surface area contributed by atoms with Crippen LogP contribution in [0, 0.1) is 5.41 Å². The van der Waals surface area contributed by atoms with E-state index < -0.39 is 0 Å². The SMILES string of the molecule is CN(CC(C)(C)CS)C1CCCCCC1. The van der Waals surface area contributed by atoms with Crippen molar-refractivity contribution in [2.45, 2.75) is 58.4 Å². The Morgan fingerprint density at radius 1 is 1.13 bits per heavy atom. The molecule has 15 heavy (non-hydrogen) atoms. The quantitative estimate of drug-likeness (QED) is 0.569. The van der Waals surface area contributed by atoms with Crippen LogP contribution in [0.4, 0.5) is 0 Å². The Hall–Kier alpha value is 0.310. The molecule has 0 heterocycles. The summed E-state index contributed by atoms with van der Waals surface area (Å²) in [6.45, 7) is 5.81. The van der Waals surface area contributed by atoms with Crippen LogP contribution in [0.15, 0.2) is 0 Å². The van der Waals surface area contributed by atoms with E-state index in [0.717, 1.165) is 11.8 Å². The largest absolute Gasteiger partial charge is 0.303 e. The molecule has 0 aromatic rings. The average molecular weight is 229 g/mol. The van der Waals surface area contributed by atoms with E-state index in [1.165, 1.54) is 45.1 Å². The van der Waals surface area contributed by atoms with Crippen molar-refractivity contribution in [1.29, 1.82) is 0 Å². The minimum absolute atomic E-state index is 0.351. The van der Waals surface area contributed by atoms with Gasteiger partial charge in [0.25, 0.3) is 0 Å². The molecule has 1 rings (SSSR count). The number of hydrogen-bond acceptors (Lipinski definition) is 2. The summed E-state index contributed by atoms with van der Waals surface area (Å²) in [7, 11) is 2.29.